The molecule has 0 spiro atoms. The first-order chi connectivity index (χ1) is 11.3. The van der Waals surface area contributed by atoms with Crippen LogP contribution in [0.4, 0.5) is 0 Å². The largest absolute Gasteiger partial charge is 0.490 e. The Bertz CT molecular complexity index is 934. The number of hydrogen-bond acceptors (Lipinski definition) is 6. The molecule has 0 aliphatic carbocycles. The fraction of sp³-hybridized carbons (Fsp3) is 0.353. The van der Waals surface area contributed by atoms with Crippen LogP contribution in [0.1, 0.15) is 13.8 Å². The van der Waals surface area contributed by atoms with Crippen molar-refractivity contribution in [1.82, 2.24) is 0 Å². The first-order valence-electron chi connectivity index (χ1n) is 7.33. The molecule has 128 valence electrons. The van der Waals surface area contributed by atoms with Crippen LogP contribution in [0.3, 0.4) is 0 Å². The Kier molecular flexibility index (Phi) is 4.19. The molecule has 1 aromatic carbocycles. The van der Waals surface area contributed by atoms with Gasteiger partial charge in [0.1, 0.15) is 18.5 Å². The summed E-state index contributed by atoms with van der Waals surface area (Å²) in [6.07, 6.45) is 0.591. The van der Waals surface area contributed by atoms with E-state index in [2.05, 4.69) is 0 Å². The molecule has 0 aliphatic heterocycles. The third kappa shape index (κ3) is 2.83. The van der Waals surface area contributed by atoms with Crippen molar-refractivity contribution >= 4 is 33.5 Å². The highest BCUT2D eigenvalue weighted by Crippen LogP contribution is 2.42. The molecule has 6 nitrogen and oxygen atoms in total. The Morgan fingerprint density at radius 3 is 2.58 bits per heavy atom. The quantitative estimate of drug-likeness (QED) is 0.560. The van der Waals surface area contributed by atoms with Crippen LogP contribution in [0.25, 0.3) is 21.9 Å². The van der Waals surface area contributed by atoms with Crippen LogP contribution in [-0.2, 0) is 0 Å². The first kappa shape index (κ1) is 16.7. The van der Waals surface area contributed by atoms with E-state index in [4.69, 9.17) is 29.9 Å². The van der Waals surface area contributed by atoms with Gasteiger partial charge in [-0.15, -0.1) is 11.6 Å². The number of methoxy groups -OCH3 is 1. The number of hydrogen-bond donors (Lipinski definition) is 1. The van der Waals surface area contributed by atoms with Gasteiger partial charge in [-0.2, -0.15) is 0 Å². The molecule has 2 aromatic heterocycles. The Balaban J connectivity index is 2.18. The topological polar surface area (TPSA) is 82.0 Å². The molecule has 0 aliphatic rings. The van der Waals surface area contributed by atoms with Crippen LogP contribution in [0.5, 0.6) is 11.5 Å². The van der Waals surface area contributed by atoms with Gasteiger partial charge in [-0.1, -0.05) is 0 Å². The molecule has 0 radical (unpaired) electrons. The molecule has 24 heavy (non-hydrogen) atoms. The predicted molar refractivity (Wildman–Crippen MR) is 90.2 cm³/mol. The van der Waals surface area contributed by atoms with E-state index < -0.39 is 16.6 Å². The van der Waals surface area contributed by atoms with Crippen LogP contribution >= 0.6 is 11.6 Å². The van der Waals surface area contributed by atoms with Crippen LogP contribution in [0.2, 0.25) is 0 Å². The maximum absolute atomic E-state index is 11.6. The summed E-state index contributed by atoms with van der Waals surface area (Å²) in [5.74, 6) is 0.742. The summed E-state index contributed by atoms with van der Waals surface area (Å²) in [5, 5.41) is 11.3. The Morgan fingerprint density at radius 1 is 1.21 bits per heavy atom. The van der Waals surface area contributed by atoms with E-state index in [9.17, 15) is 9.90 Å². The third-order valence-electron chi connectivity index (χ3n) is 3.78. The zero-order valence-corrected chi connectivity index (χ0v) is 14.2. The molecular formula is C17H17ClO6. The Morgan fingerprint density at radius 2 is 1.92 bits per heavy atom. The molecule has 0 amide bonds. The second-order valence-corrected chi connectivity index (χ2v) is 6.89. The number of aliphatic hydroxyl groups excluding tert-OH is 1. The van der Waals surface area contributed by atoms with Crippen molar-refractivity contribution < 1.29 is 23.4 Å². The smallest absolute Gasteiger partial charge is 0.336 e. The van der Waals surface area contributed by atoms with E-state index in [1.165, 1.54) is 19.4 Å². The molecule has 0 saturated heterocycles. The summed E-state index contributed by atoms with van der Waals surface area (Å²) < 4.78 is 21.9. The lowest BCUT2D eigenvalue weighted by Gasteiger charge is -2.24. The molecule has 7 heteroatoms. The lowest BCUT2D eigenvalue weighted by molar-refractivity contribution is 0.0820. The minimum absolute atomic E-state index is 0.0304. The van der Waals surface area contributed by atoms with E-state index in [0.29, 0.717) is 27.9 Å². The van der Waals surface area contributed by atoms with Gasteiger partial charge in [0, 0.05) is 6.07 Å². The molecule has 1 atom stereocenters. The second kappa shape index (κ2) is 6.03. The first-order valence-corrected chi connectivity index (χ1v) is 7.71. The van der Waals surface area contributed by atoms with Crippen LogP contribution in [-0.4, -0.2) is 29.8 Å². The van der Waals surface area contributed by atoms with Gasteiger partial charge < -0.3 is 23.4 Å². The molecule has 0 fully saturated rings. The molecule has 0 bridgehead atoms. The average Bonchev–Trinajstić information content (AvgIpc) is 2.99. The molecule has 2 heterocycles. The lowest BCUT2D eigenvalue weighted by atomic mass is 10.1. The SMILES string of the molecule is COc1c2occc2c(OCC(O)C(C)(C)Cl)c2ccc(=O)oc12. The van der Waals surface area contributed by atoms with Crippen LogP contribution < -0.4 is 15.1 Å². The van der Waals surface area contributed by atoms with Crippen molar-refractivity contribution in [3.63, 3.8) is 0 Å². The number of rotatable bonds is 5. The third-order valence-corrected chi connectivity index (χ3v) is 4.03. The zero-order chi connectivity index (χ0) is 17.5. The zero-order valence-electron chi connectivity index (χ0n) is 13.5. The minimum atomic E-state index is -0.894. The fourth-order valence-electron chi connectivity index (χ4n) is 2.38. The number of fused-ring (bicyclic) bond motifs is 2. The van der Waals surface area contributed by atoms with Crippen molar-refractivity contribution in [3.8, 4) is 11.5 Å². The average molecular weight is 353 g/mol. The molecule has 0 saturated carbocycles. The maximum Gasteiger partial charge on any atom is 0.336 e. The monoisotopic (exact) mass is 352 g/mol. The van der Waals surface area contributed by atoms with Gasteiger partial charge in [0.2, 0.25) is 5.75 Å². The van der Waals surface area contributed by atoms with Crippen LogP contribution in [0, 0.1) is 0 Å². The highest BCUT2D eigenvalue weighted by Gasteiger charge is 2.27. The van der Waals surface area contributed by atoms with E-state index >= 15 is 0 Å². The summed E-state index contributed by atoms with van der Waals surface area (Å²) in [4.78, 5) is 10.7. The molecule has 1 N–H and O–H groups in total. The summed E-state index contributed by atoms with van der Waals surface area (Å²) in [6, 6.07) is 4.60. The number of furan rings is 1. The van der Waals surface area contributed by atoms with Gasteiger partial charge in [0.25, 0.3) is 0 Å². The van der Waals surface area contributed by atoms with Gasteiger partial charge in [-0.3, -0.25) is 0 Å². The number of alkyl halides is 1. The van der Waals surface area contributed by atoms with E-state index in [0.717, 1.165) is 0 Å². The second-order valence-electron chi connectivity index (χ2n) is 5.91. The molecule has 3 aromatic rings. The molecular weight excluding hydrogens is 336 g/mol. The number of benzene rings is 1. The standard InChI is InChI=1S/C17H17ClO6/c1-17(2,18)11(19)8-23-13-9-4-5-12(20)24-15(9)16(21-3)14-10(13)6-7-22-14/h4-7,11,19H,8H2,1-3H3. The van der Waals surface area contributed by atoms with Crippen molar-refractivity contribution in [2.24, 2.45) is 0 Å². The van der Waals surface area contributed by atoms with Crippen molar-refractivity contribution in [1.29, 1.82) is 0 Å². The number of aliphatic hydroxyl groups is 1. The van der Waals surface area contributed by atoms with E-state index in [1.54, 1.807) is 26.0 Å². The fourth-order valence-corrected chi connectivity index (χ4v) is 2.44. The van der Waals surface area contributed by atoms with Gasteiger partial charge in [0.05, 0.1) is 29.0 Å². The molecule has 1 unspecified atom stereocenters. The predicted octanol–water partition coefficient (Wildman–Crippen LogP) is 3.30. The van der Waals surface area contributed by atoms with Gasteiger partial charge >= 0.3 is 5.63 Å². The van der Waals surface area contributed by atoms with Crippen LogP contribution in [0.15, 0.2) is 38.1 Å². The van der Waals surface area contributed by atoms with E-state index in [-0.39, 0.29) is 12.2 Å². The van der Waals surface area contributed by atoms with Gasteiger partial charge in [0.15, 0.2) is 11.2 Å². The van der Waals surface area contributed by atoms with Gasteiger partial charge in [-0.25, -0.2) is 4.79 Å². The van der Waals surface area contributed by atoms with E-state index in [1.807, 2.05) is 0 Å². The summed E-state index contributed by atoms with van der Waals surface area (Å²) in [6.45, 7) is 3.36. The highest BCUT2D eigenvalue weighted by molar-refractivity contribution is 6.23. The Labute approximate surface area is 142 Å². The molecule has 3 rings (SSSR count). The maximum atomic E-state index is 11.6. The van der Waals surface area contributed by atoms with Gasteiger partial charge in [-0.05, 0) is 26.0 Å². The van der Waals surface area contributed by atoms with Crippen molar-refractivity contribution in [2.45, 2.75) is 24.8 Å². The summed E-state index contributed by atoms with van der Waals surface area (Å²) >= 11 is 6.11. The number of halogens is 1. The number of ether oxygens (including phenoxy) is 2. The highest BCUT2D eigenvalue weighted by atomic mass is 35.5. The lowest BCUT2D eigenvalue weighted by Crippen LogP contribution is -2.35. The summed E-state index contributed by atoms with van der Waals surface area (Å²) in [5.41, 5.74) is 0.107. The van der Waals surface area contributed by atoms with Crippen molar-refractivity contribution in [2.75, 3.05) is 13.7 Å². The minimum Gasteiger partial charge on any atom is -0.490 e. The normalized spacial score (nSPS) is 13.4. The summed E-state index contributed by atoms with van der Waals surface area (Å²) in [7, 11) is 1.46. The van der Waals surface area contributed by atoms with Crippen molar-refractivity contribution in [3.05, 3.63) is 34.9 Å². The Hall–Kier alpha value is -2.18.